The number of rotatable bonds is 9. The highest BCUT2D eigenvalue weighted by molar-refractivity contribution is 5.87. The van der Waals surface area contributed by atoms with Crippen LogP contribution in [-0.4, -0.2) is 19.0 Å². The molecule has 0 saturated heterocycles. The van der Waals surface area contributed by atoms with Crippen molar-refractivity contribution in [1.29, 1.82) is 0 Å². The van der Waals surface area contributed by atoms with Gasteiger partial charge in [0.2, 0.25) is 0 Å². The maximum atomic E-state index is 15.0. The summed E-state index contributed by atoms with van der Waals surface area (Å²) in [6.07, 6.45) is 0.865. The molecule has 0 radical (unpaired) electrons. The van der Waals surface area contributed by atoms with E-state index in [2.05, 4.69) is 0 Å². The zero-order valence-electron chi connectivity index (χ0n) is 18.4. The van der Waals surface area contributed by atoms with Crippen LogP contribution >= 0.6 is 0 Å². The summed E-state index contributed by atoms with van der Waals surface area (Å²) in [7, 11) is 1.32. The number of methoxy groups -OCH3 is 1. The summed E-state index contributed by atoms with van der Waals surface area (Å²) in [5.41, 5.74) is 1.47. The van der Waals surface area contributed by atoms with Gasteiger partial charge in [0, 0.05) is 11.1 Å². The SMILES string of the molecule is COC(=O)C1(c2cc(F)c(CC(=O)OCc3ccccc3)cc2OCc2ccccc2)CC1. The molecule has 0 atom stereocenters. The monoisotopic (exact) mass is 448 g/mol. The van der Waals surface area contributed by atoms with E-state index < -0.39 is 23.2 Å². The second-order valence-corrected chi connectivity index (χ2v) is 8.11. The minimum absolute atomic E-state index is 0.113. The summed E-state index contributed by atoms with van der Waals surface area (Å²) in [4.78, 5) is 24.8. The summed E-state index contributed by atoms with van der Waals surface area (Å²) in [5.74, 6) is -1.17. The van der Waals surface area contributed by atoms with E-state index in [1.165, 1.54) is 19.2 Å². The predicted octanol–water partition coefficient (Wildman–Crippen LogP) is 4.90. The molecule has 3 aromatic carbocycles. The van der Waals surface area contributed by atoms with Crippen molar-refractivity contribution < 1.29 is 28.2 Å². The van der Waals surface area contributed by atoms with E-state index in [0.717, 1.165) is 11.1 Å². The van der Waals surface area contributed by atoms with E-state index in [9.17, 15) is 9.59 Å². The van der Waals surface area contributed by atoms with Crippen LogP contribution in [0.3, 0.4) is 0 Å². The van der Waals surface area contributed by atoms with Gasteiger partial charge in [0.25, 0.3) is 0 Å². The Kier molecular flexibility index (Phi) is 6.73. The Morgan fingerprint density at radius 3 is 2.09 bits per heavy atom. The highest BCUT2D eigenvalue weighted by Gasteiger charge is 2.54. The number of halogens is 1. The molecule has 0 unspecified atom stereocenters. The molecule has 1 saturated carbocycles. The van der Waals surface area contributed by atoms with Gasteiger partial charge in [-0.2, -0.15) is 0 Å². The van der Waals surface area contributed by atoms with Crippen LogP contribution in [0.25, 0.3) is 0 Å². The first kappa shape index (κ1) is 22.5. The molecule has 1 fully saturated rings. The largest absolute Gasteiger partial charge is 0.489 e. The van der Waals surface area contributed by atoms with Crippen LogP contribution < -0.4 is 4.74 Å². The molecule has 0 aromatic heterocycles. The fourth-order valence-corrected chi connectivity index (χ4v) is 3.81. The zero-order chi connectivity index (χ0) is 23.3. The van der Waals surface area contributed by atoms with Gasteiger partial charge < -0.3 is 14.2 Å². The quantitative estimate of drug-likeness (QED) is 0.436. The lowest BCUT2D eigenvalue weighted by Crippen LogP contribution is -2.23. The summed E-state index contributed by atoms with van der Waals surface area (Å²) >= 11 is 0. The number of benzene rings is 3. The Morgan fingerprint density at radius 1 is 0.909 bits per heavy atom. The molecular weight excluding hydrogens is 423 g/mol. The molecule has 5 nitrogen and oxygen atoms in total. The fraction of sp³-hybridized carbons (Fsp3) is 0.259. The molecule has 0 spiro atoms. The van der Waals surface area contributed by atoms with E-state index in [0.29, 0.717) is 24.2 Å². The minimum atomic E-state index is -0.909. The van der Waals surface area contributed by atoms with Gasteiger partial charge in [0.1, 0.15) is 24.8 Å². The Labute approximate surface area is 192 Å². The third-order valence-electron chi connectivity index (χ3n) is 5.80. The lowest BCUT2D eigenvalue weighted by molar-refractivity contribution is -0.145. The number of carbonyl (C=O) groups is 2. The maximum Gasteiger partial charge on any atom is 0.316 e. The Balaban J connectivity index is 1.56. The number of carbonyl (C=O) groups excluding carboxylic acids is 2. The van der Waals surface area contributed by atoms with Crippen LogP contribution in [0, 0.1) is 5.82 Å². The van der Waals surface area contributed by atoms with Crippen LogP contribution in [-0.2, 0) is 44.1 Å². The van der Waals surface area contributed by atoms with Crippen LogP contribution in [0.2, 0.25) is 0 Å². The average molecular weight is 448 g/mol. The van der Waals surface area contributed by atoms with Crippen molar-refractivity contribution in [2.45, 2.75) is 37.9 Å². The lowest BCUT2D eigenvalue weighted by atomic mass is 9.93. The van der Waals surface area contributed by atoms with Crippen molar-refractivity contribution >= 4 is 11.9 Å². The van der Waals surface area contributed by atoms with Gasteiger partial charge in [0.05, 0.1) is 18.9 Å². The number of esters is 2. The second kappa shape index (κ2) is 9.86. The third kappa shape index (κ3) is 5.22. The van der Waals surface area contributed by atoms with Gasteiger partial charge in [-0.05, 0) is 36.1 Å². The van der Waals surface area contributed by atoms with E-state index in [1.54, 1.807) is 0 Å². The number of hydrogen-bond acceptors (Lipinski definition) is 5. The van der Waals surface area contributed by atoms with Gasteiger partial charge in [-0.3, -0.25) is 9.59 Å². The predicted molar refractivity (Wildman–Crippen MR) is 120 cm³/mol. The van der Waals surface area contributed by atoms with E-state index >= 15 is 4.39 Å². The fourth-order valence-electron chi connectivity index (χ4n) is 3.81. The molecule has 0 bridgehead atoms. The highest BCUT2D eigenvalue weighted by atomic mass is 19.1. The summed E-state index contributed by atoms with van der Waals surface area (Å²) < 4.78 is 31.3. The molecular formula is C27H25FO5. The van der Waals surface area contributed by atoms with E-state index in [1.807, 2.05) is 60.7 Å². The smallest absolute Gasteiger partial charge is 0.316 e. The Hall–Kier alpha value is -3.67. The van der Waals surface area contributed by atoms with Gasteiger partial charge >= 0.3 is 11.9 Å². The van der Waals surface area contributed by atoms with Crippen molar-refractivity contribution in [3.63, 3.8) is 0 Å². The summed E-state index contributed by atoms with van der Waals surface area (Å²) in [5, 5.41) is 0. The molecule has 0 amide bonds. The second-order valence-electron chi connectivity index (χ2n) is 8.11. The molecule has 0 N–H and O–H groups in total. The molecule has 3 aromatic rings. The van der Waals surface area contributed by atoms with Crippen molar-refractivity contribution in [3.05, 3.63) is 101 Å². The molecule has 1 aliphatic rings. The Bertz CT molecular complexity index is 1120. The first-order valence-electron chi connectivity index (χ1n) is 10.8. The van der Waals surface area contributed by atoms with Crippen LogP contribution in [0.5, 0.6) is 5.75 Å². The highest BCUT2D eigenvalue weighted by Crippen LogP contribution is 2.52. The van der Waals surface area contributed by atoms with Crippen LogP contribution in [0.1, 0.15) is 35.1 Å². The molecule has 0 aliphatic heterocycles. The van der Waals surface area contributed by atoms with Crippen LogP contribution in [0.4, 0.5) is 4.39 Å². The van der Waals surface area contributed by atoms with Gasteiger partial charge in [0.15, 0.2) is 0 Å². The first-order chi connectivity index (χ1) is 16.0. The normalized spacial score (nSPS) is 13.8. The standard InChI is InChI=1S/C27H25FO5/c1-31-26(30)27(12-13-27)22-16-23(28)21(14-24(22)32-17-19-8-4-2-5-9-19)15-25(29)33-18-20-10-6-3-7-11-20/h2-11,14,16H,12-13,15,17-18H2,1H3. The molecule has 0 heterocycles. The number of ether oxygens (including phenoxy) is 3. The Morgan fingerprint density at radius 2 is 1.52 bits per heavy atom. The topological polar surface area (TPSA) is 61.8 Å². The lowest BCUT2D eigenvalue weighted by Gasteiger charge is -2.20. The summed E-state index contributed by atoms with van der Waals surface area (Å²) in [6, 6.07) is 21.6. The molecule has 170 valence electrons. The minimum Gasteiger partial charge on any atom is -0.489 e. The van der Waals surface area contributed by atoms with Crippen molar-refractivity contribution in [3.8, 4) is 5.75 Å². The molecule has 4 rings (SSSR count). The molecule has 6 heteroatoms. The van der Waals surface area contributed by atoms with Gasteiger partial charge in [-0.1, -0.05) is 60.7 Å². The van der Waals surface area contributed by atoms with Crippen molar-refractivity contribution in [1.82, 2.24) is 0 Å². The molecule has 1 aliphatic carbocycles. The first-order valence-corrected chi connectivity index (χ1v) is 10.8. The number of hydrogen-bond donors (Lipinski definition) is 0. The van der Waals surface area contributed by atoms with Gasteiger partial charge in [-0.25, -0.2) is 4.39 Å². The maximum absolute atomic E-state index is 15.0. The van der Waals surface area contributed by atoms with E-state index in [4.69, 9.17) is 14.2 Å². The van der Waals surface area contributed by atoms with Gasteiger partial charge in [-0.15, -0.1) is 0 Å². The zero-order valence-corrected chi connectivity index (χ0v) is 18.4. The third-order valence-corrected chi connectivity index (χ3v) is 5.80. The van der Waals surface area contributed by atoms with Crippen LogP contribution in [0.15, 0.2) is 72.8 Å². The van der Waals surface area contributed by atoms with Crippen molar-refractivity contribution in [2.75, 3.05) is 7.11 Å². The van der Waals surface area contributed by atoms with Crippen molar-refractivity contribution in [2.24, 2.45) is 0 Å². The summed E-state index contributed by atoms with van der Waals surface area (Å²) in [6.45, 7) is 0.358. The molecule has 33 heavy (non-hydrogen) atoms. The van der Waals surface area contributed by atoms with E-state index in [-0.39, 0.29) is 25.2 Å². The average Bonchev–Trinajstić information content (AvgIpc) is 3.65.